The first-order chi connectivity index (χ1) is 6.20. The zero-order chi connectivity index (χ0) is 9.42. The highest BCUT2D eigenvalue weighted by molar-refractivity contribution is 5.47. The van der Waals surface area contributed by atoms with E-state index in [0.29, 0.717) is 17.5 Å². The number of hydrogen-bond donors (Lipinski definition) is 1. The summed E-state index contributed by atoms with van der Waals surface area (Å²) in [6, 6.07) is 0. The SMILES string of the molecule is CC(C)c1c(N)nc2nnncn12. The minimum atomic E-state index is 0.293. The zero-order valence-electron chi connectivity index (χ0n) is 7.47. The molecule has 0 unspecified atom stereocenters. The normalized spacial score (nSPS) is 11.3. The van der Waals surface area contributed by atoms with Crippen LogP contribution in [0.15, 0.2) is 6.33 Å². The number of fused-ring (bicyclic) bond motifs is 1. The van der Waals surface area contributed by atoms with E-state index in [1.165, 1.54) is 0 Å². The summed E-state index contributed by atoms with van der Waals surface area (Å²) >= 11 is 0. The van der Waals surface area contributed by atoms with Crippen molar-refractivity contribution in [3.63, 3.8) is 0 Å². The summed E-state index contributed by atoms with van der Waals surface area (Å²) in [6.07, 6.45) is 1.57. The quantitative estimate of drug-likeness (QED) is 0.675. The third-order valence-corrected chi connectivity index (χ3v) is 1.86. The van der Waals surface area contributed by atoms with Crippen LogP contribution in [0.25, 0.3) is 5.78 Å². The lowest BCUT2D eigenvalue weighted by atomic mass is 10.1. The molecule has 0 spiro atoms. The summed E-state index contributed by atoms with van der Waals surface area (Å²) < 4.78 is 1.76. The number of nitrogen functional groups attached to an aromatic ring is 1. The highest BCUT2D eigenvalue weighted by Gasteiger charge is 2.13. The number of rotatable bonds is 1. The zero-order valence-corrected chi connectivity index (χ0v) is 7.47. The van der Waals surface area contributed by atoms with Crippen LogP contribution >= 0.6 is 0 Å². The number of hydrogen-bond acceptors (Lipinski definition) is 5. The minimum Gasteiger partial charge on any atom is -0.382 e. The summed E-state index contributed by atoms with van der Waals surface area (Å²) in [5.74, 6) is 1.29. The van der Waals surface area contributed by atoms with Crippen molar-refractivity contribution in [3.05, 3.63) is 12.0 Å². The molecule has 0 amide bonds. The molecule has 0 saturated heterocycles. The number of nitrogens with two attached hydrogens (primary N) is 1. The van der Waals surface area contributed by atoms with Gasteiger partial charge in [-0.3, -0.25) is 4.40 Å². The van der Waals surface area contributed by atoms with Gasteiger partial charge in [0.2, 0.25) is 0 Å². The molecule has 0 aliphatic heterocycles. The lowest BCUT2D eigenvalue weighted by Gasteiger charge is -2.03. The van der Waals surface area contributed by atoms with Crippen LogP contribution in [-0.2, 0) is 0 Å². The van der Waals surface area contributed by atoms with Gasteiger partial charge in [-0.05, 0) is 11.1 Å². The van der Waals surface area contributed by atoms with Crippen molar-refractivity contribution in [3.8, 4) is 0 Å². The molecule has 0 aliphatic rings. The first-order valence-corrected chi connectivity index (χ1v) is 4.02. The largest absolute Gasteiger partial charge is 0.382 e. The maximum Gasteiger partial charge on any atom is 0.258 e. The predicted octanol–water partition coefficient (Wildman–Crippen LogP) is 0.225. The van der Waals surface area contributed by atoms with Gasteiger partial charge in [0.05, 0.1) is 5.69 Å². The van der Waals surface area contributed by atoms with Crippen LogP contribution in [0, 0.1) is 0 Å². The Morgan fingerprint density at radius 1 is 1.46 bits per heavy atom. The molecule has 0 aromatic carbocycles. The molecule has 2 aromatic heterocycles. The van der Waals surface area contributed by atoms with Gasteiger partial charge in [-0.25, -0.2) is 0 Å². The monoisotopic (exact) mass is 178 g/mol. The van der Waals surface area contributed by atoms with Crippen LogP contribution in [0.1, 0.15) is 25.5 Å². The van der Waals surface area contributed by atoms with Gasteiger partial charge in [-0.1, -0.05) is 18.9 Å². The van der Waals surface area contributed by atoms with E-state index < -0.39 is 0 Å². The molecule has 6 nitrogen and oxygen atoms in total. The Bertz CT molecular complexity index is 431. The van der Waals surface area contributed by atoms with E-state index in [1.54, 1.807) is 10.7 Å². The van der Waals surface area contributed by atoms with Crippen LogP contribution in [0.3, 0.4) is 0 Å². The average molecular weight is 178 g/mol. The van der Waals surface area contributed by atoms with Gasteiger partial charge < -0.3 is 5.73 Å². The van der Waals surface area contributed by atoms with Crippen LogP contribution < -0.4 is 5.73 Å². The van der Waals surface area contributed by atoms with Crippen molar-refractivity contribution >= 4 is 11.6 Å². The second kappa shape index (κ2) is 2.65. The van der Waals surface area contributed by atoms with Gasteiger partial charge in [-0.15, -0.1) is 5.10 Å². The van der Waals surface area contributed by atoms with Gasteiger partial charge in [0.25, 0.3) is 5.78 Å². The van der Waals surface area contributed by atoms with E-state index in [4.69, 9.17) is 5.73 Å². The fourth-order valence-corrected chi connectivity index (χ4v) is 1.35. The molecule has 68 valence electrons. The van der Waals surface area contributed by atoms with E-state index in [0.717, 1.165) is 5.69 Å². The number of aromatic nitrogens is 5. The van der Waals surface area contributed by atoms with E-state index in [2.05, 4.69) is 20.4 Å². The van der Waals surface area contributed by atoms with Crippen molar-refractivity contribution in [2.75, 3.05) is 5.73 Å². The Balaban J connectivity index is 2.78. The number of anilines is 1. The standard InChI is InChI=1S/C7H10N6/c1-4(2)5-6(8)10-7-11-12-9-3-13(5)7/h3-4H,8H2,1-2H3. The van der Waals surface area contributed by atoms with Crippen molar-refractivity contribution < 1.29 is 0 Å². The molecule has 2 rings (SSSR count). The predicted molar refractivity (Wildman–Crippen MR) is 47.1 cm³/mol. The lowest BCUT2D eigenvalue weighted by molar-refractivity contribution is 0.760. The van der Waals surface area contributed by atoms with E-state index in [1.807, 2.05) is 13.8 Å². The molecule has 0 bridgehead atoms. The lowest BCUT2D eigenvalue weighted by Crippen LogP contribution is -2.01. The Morgan fingerprint density at radius 3 is 2.92 bits per heavy atom. The molecule has 2 heterocycles. The third kappa shape index (κ3) is 1.10. The van der Waals surface area contributed by atoms with Crippen molar-refractivity contribution in [1.29, 1.82) is 0 Å². The third-order valence-electron chi connectivity index (χ3n) is 1.86. The summed E-state index contributed by atoms with van der Waals surface area (Å²) in [6.45, 7) is 4.08. The summed E-state index contributed by atoms with van der Waals surface area (Å²) in [5, 5.41) is 10.9. The molecule has 0 fully saturated rings. The van der Waals surface area contributed by atoms with Crippen molar-refractivity contribution in [1.82, 2.24) is 24.8 Å². The Labute approximate surface area is 74.8 Å². The summed E-state index contributed by atoms with van der Waals surface area (Å²) in [5.41, 5.74) is 6.65. The van der Waals surface area contributed by atoms with Gasteiger partial charge in [-0.2, -0.15) is 4.98 Å². The molecule has 0 saturated carbocycles. The van der Waals surface area contributed by atoms with Gasteiger partial charge >= 0.3 is 0 Å². The Hall–Kier alpha value is -1.72. The molecule has 0 atom stereocenters. The highest BCUT2D eigenvalue weighted by atomic mass is 15.4. The van der Waals surface area contributed by atoms with Crippen molar-refractivity contribution in [2.24, 2.45) is 0 Å². The molecule has 0 radical (unpaired) electrons. The van der Waals surface area contributed by atoms with E-state index in [9.17, 15) is 0 Å². The second-order valence-electron chi connectivity index (χ2n) is 3.13. The molecular formula is C7H10N6. The topological polar surface area (TPSA) is 82.0 Å². The van der Waals surface area contributed by atoms with Crippen LogP contribution in [-0.4, -0.2) is 24.8 Å². The summed E-state index contributed by atoms with van der Waals surface area (Å²) in [4.78, 5) is 4.06. The fourth-order valence-electron chi connectivity index (χ4n) is 1.35. The first-order valence-electron chi connectivity index (χ1n) is 4.02. The molecule has 13 heavy (non-hydrogen) atoms. The number of imidazole rings is 1. The van der Waals surface area contributed by atoms with Crippen molar-refractivity contribution in [2.45, 2.75) is 19.8 Å². The molecule has 6 heteroatoms. The molecule has 2 aromatic rings. The van der Waals surface area contributed by atoms with Crippen LogP contribution in [0.2, 0.25) is 0 Å². The van der Waals surface area contributed by atoms with Crippen LogP contribution in [0.5, 0.6) is 0 Å². The van der Waals surface area contributed by atoms with E-state index >= 15 is 0 Å². The maximum absolute atomic E-state index is 5.73. The fraction of sp³-hybridized carbons (Fsp3) is 0.429. The first kappa shape index (κ1) is 7.90. The molecule has 2 N–H and O–H groups in total. The van der Waals surface area contributed by atoms with E-state index in [-0.39, 0.29) is 0 Å². The van der Waals surface area contributed by atoms with Gasteiger partial charge in [0.1, 0.15) is 12.1 Å². The average Bonchev–Trinajstić information content (AvgIpc) is 2.39. The maximum atomic E-state index is 5.73. The van der Waals surface area contributed by atoms with Gasteiger partial charge in [0, 0.05) is 0 Å². The Morgan fingerprint density at radius 2 is 2.23 bits per heavy atom. The smallest absolute Gasteiger partial charge is 0.258 e. The minimum absolute atomic E-state index is 0.293. The summed E-state index contributed by atoms with van der Waals surface area (Å²) in [7, 11) is 0. The second-order valence-corrected chi connectivity index (χ2v) is 3.13. The number of nitrogens with zero attached hydrogens (tertiary/aromatic N) is 5. The Kier molecular flexibility index (Phi) is 1.61. The highest BCUT2D eigenvalue weighted by Crippen LogP contribution is 2.20. The molecule has 0 aliphatic carbocycles. The van der Waals surface area contributed by atoms with Gasteiger partial charge in [0.15, 0.2) is 0 Å². The molecular weight excluding hydrogens is 168 g/mol. The van der Waals surface area contributed by atoms with Crippen LogP contribution in [0.4, 0.5) is 5.82 Å².